The Labute approximate surface area is 163 Å². The Kier molecular flexibility index (Phi) is 3.78. The predicted octanol–water partition coefficient (Wildman–Crippen LogP) is 5.31. The summed E-state index contributed by atoms with van der Waals surface area (Å²) < 4.78 is 29.2. The van der Waals surface area contributed by atoms with E-state index in [1.807, 2.05) is 42.5 Å². The first kappa shape index (κ1) is 16.5. The molecule has 0 aliphatic heterocycles. The predicted molar refractivity (Wildman–Crippen MR) is 112 cm³/mol. The number of aromatic nitrogens is 2. The van der Waals surface area contributed by atoms with E-state index in [2.05, 4.69) is 14.7 Å². The first-order chi connectivity index (χ1) is 13.1. The minimum atomic E-state index is -3.60. The van der Waals surface area contributed by atoms with Crippen LogP contribution in [0, 0.1) is 0 Å². The van der Waals surface area contributed by atoms with E-state index >= 15 is 0 Å². The SMILES string of the molecule is O=S(=O)(Nc1cccc2cc(-c3nc4ccccc4s3)[nH]c12)c1cccs1. The summed E-state index contributed by atoms with van der Waals surface area (Å²) in [4.78, 5) is 8.01. The van der Waals surface area contributed by atoms with Crippen molar-refractivity contribution in [1.29, 1.82) is 0 Å². The highest BCUT2D eigenvalue weighted by atomic mass is 32.2. The Morgan fingerprint density at radius 3 is 2.70 bits per heavy atom. The number of nitrogens with one attached hydrogen (secondary N) is 2. The quantitative estimate of drug-likeness (QED) is 0.421. The topological polar surface area (TPSA) is 74.8 Å². The van der Waals surface area contributed by atoms with Crippen molar-refractivity contribution in [3.8, 4) is 10.7 Å². The first-order valence-corrected chi connectivity index (χ1v) is 11.3. The maximum atomic E-state index is 12.6. The van der Waals surface area contributed by atoms with Gasteiger partial charge in [0, 0.05) is 5.39 Å². The van der Waals surface area contributed by atoms with Crippen LogP contribution in [-0.4, -0.2) is 18.4 Å². The molecule has 2 N–H and O–H groups in total. The number of thiazole rings is 1. The number of hydrogen-bond acceptors (Lipinski definition) is 5. The van der Waals surface area contributed by atoms with Crippen molar-refractivity contribution in [2.75, 3.05) is 4.72 Å². The molecule has 3 heterocycles. The number of nitrogens with zero attached hydrogens (tertiary/aromatic N) is 1. The third kappa shape index (κ3) is 2.91. The monoisotopic (exact) mass is 411 g/mol. The van der Waals surface area contributed by atoms with Crippen LogP contribution >= 0.6 is 22.7 Å². The molecule has 0 unspecified atom stereocenters. The zero-order chi connectivity index (χ0) is 18.4. The standard InChI is InChI=1S/C19H13N3O2S3/c23-27(24,17-9-4-10-25-17)22-14-7-3-5-12-11-15(20-18(12)14)19-21-13-6-1-2-8-16(13)26-19/h1-11,20,22H. The number of sulfonamides is 1. The number of para-hydroxylation sites is 2. The molecule has 8 heteroatoms. The summed E-state index contributed by atoms with van der Waals surface area (Å²) in [6.07, 6.45) is 0. The molecule has 2 aromatic carbocycles. The van der Waals surface area contributed by atoms with Gasteiger partial charge in [-0.25, -0.2) is 13.4 Å². The van der Waals surface area contributed by atoms with Crippen molar-refractivity contribution in [1.82, 2.24) is 9.97 Å². The van der Waals surface area contributed by atoms with Gasteiger partial charge in [0.05, 0.1) is 27.1 Å². The smallest absolute Gasteiger partial charge is 0.271 e. The summed E-state index contributed by atoms with van der Waals surface area (Å²) in [5.41, 5.74) is 3.09. The van der Waals surface area contributed by atoms with Gasteiger partial charge in [-0.1, -0.05) is 30.3 Å². The van der Waals surface area contributed by atoms with Crippen molar-refractivity contribution < 1.29 is 8.42 Å². The summed E-state index contributed by atoms with van der Waals surface area (Å²) in [7, 11) is -3.60. The van der Waals surface area contributed by atoms with Gasteiger partial charge in [0.1, 0.15) is 9.22 Å². The molecule has 0 aliphatic rings. The van der Waals surface area contributed by atoms with Gasteiger partial charge >= 0.3 is 0 Å². The zero-order valence-electron chi connectivity index (χ0n) is 13.8. The Balaban J connectivity index is 1.59. The largest absolute Gasteiger partial charge is 0.351 e. The molecule has 5 aromatic rings. The second-order valence-electron chi connectivity index (χ2n) is 5.98. The third-order valence-electron chi connectivity index (χ3n) is 4.18. The van der Waals surface area contributed by atoms with Crippen molar-refractivity contribution in [3.63, 3.8) is 0 Å². The molecule has 27 heavy (non-hydrogen) atoms. The van der Waals surface area contributed by atoms with Gasteiger partial charge in [0.15, 0.2) is 0 Å². The minimum absolute atomic E-state index is 0.289. The van der Waals surface area contributed by atoms with Crippen LogP contribution in [0.4, 0.5) is 5.69 Å². The fourth-order valence-electron chi connectivity index (χ4n) is 2.96. The molecular formula is C19H13N3O2S3. The van der Waals surface area contributed by atoms with Crippen molar-refractivity contribution in [3.05, 3.63) is 66.0 Å². The van der Waals surface area contributed by atoms with Crippen LogP contribution in [0.1, 0.15) is 0 Å². The summed E-state index contributed by atoms with van der Waals surface area (Å²) >= 11 is 2.79. The fourth-order valence-corrected chi connectivity index (χ4v) is 5.96. The average Bonchev–Trinajstić information content (AvgIpc) is 3.39. The van der Waals surface area contributed by atoms with Crippen LogP contribution in [0.15, 0.2) is 70.3 Å². The number of anilines is 1. The van der Waals surface area contributed by atoms with Gasteiger partial charge in [-0.3, -0.25) is 4.72 Å². The van der Waals surface area contributed by atoms with E-state index in [1.54, 1.807) is 34.9 Å². The van der Waals surface area contributed by atoms with Crippen molar-refractivity contribution >= 4 is 59.5 Å². The lowest BCUT2D eigenvalue weighted by atomic mass is 10.2. The van der Waals surface area contributed by atoms with Crippen molar-refractivity contribution in [2.24, 2.45) is 0 Å². The maximum Gasteiger partial charge on any atom is 0.271 e. The summed E-state index contributed by atoms with van der Waals surface area (Å²) in [6, 6.07) is 18.8. The van der Waals surface area contributed by atoms with Gasteiger partial charge < -0.3 is 4.98 Å². The van der Waals surface area contributed by atoms with E-state index in [4.69, 9.17) is 0 Å². The fraction of sp³-hybridized carbons (Fsp3) is 0. The number of fused-ring (bicyclic) bond motifs is 2. The van der Waals surface area contributed by atoms with E-state index < -0.39 is 10.0 Å². The Bertz CT molecular complexity index is 1330. The van der Waals surface area contributed by atoms with E-state index in [1.165, 1.54) is 11.3 Å². The van der Waals surface area contributed by atoms with Gasteiger partial charge in [-0.05, 0) is 35.7 Å². The third-order valence-corrected chi connectivity index (χ3v) is 8.02. The minimum Gasteiger partial charge on any atom is -0.351 e. The molecule has 0 saturated carbocycles. The lowest BCUT2D eigenvalue weighted by Crippen LogP contribution is -2.11. The normalized spacial score (nSPS) is 12.0. The molecule has 0 aliphatic carbocycles. The Morgan fingerprint density at radius 1 is 1.00 bits per heavy atom. The van der Waals surface area contributed by atoms with Crippen LogP contribution in [0.3, 0.4) is 0 Å². The average molecular weight is 412 g/mol. The molecule has 0 spiro atoms. The highest BCUT2D eigenvalue weighted by Crippen LogP contribution is 2.34. The zero-order valence-corrected chi connectivity index (χ0v) is 16.3. The first-order valence-electron chi connectivity index (χ1n) is 8.14. The second-order valence-corrected chi connectivity index (χ2v) is 9.86. The number of hydrogen-bond donors (Lipinski definition) is 2. The van der Waals surface area contributed by atoms with E-state index in [0.29, 0.717) is 5.69 Å². The molecule has 0 amide bonds. The molecule has 0 atom stereocenters. The van der Waals surface area contributed by atoms with Crippen LogP contribution in [0.25, 0.3) is 31.8 Å². The number of rotatable bonds is 4. The molecule has 0 saturated heterocycles. The van der Waals surface area contributed by atoms with Gasteiger partial charge in [-0.15, -0.1) is 22.7 Å². The molecule has 0 radical (unpaired) electrons. The van der Waals surface area contributed by atoms with Crippen LogP contribution in [-0.2, 0) is 10.0 Å². The van der Waals surface area contributed by atoms with E-state index in [9.17, 15) is 8.42 Å². The number of benzene rings is 2. The van der Waals surface area contributed by atoms with Crippen LogP contribution in [0.5, 0.6) is 0 Å². The molecule has 0 bridgehead atoms. The maximum absolute atomic E-state index is 12.6. The lowest BCUT2D eigenvalue weighted by molar-refractivity contribution is 0.603. The Hall–Kier alpha value is -2.68. The molecular weight excluding hydrogens is 398 g/mol. The van der Waals surface area contributed by atoms with Gasteiger partial charge in [-0.2, -0.15) is 0 Å². The van der Waals surface area contributed by atoms with Crippen molar-refractivity contribution in [2.45, 2.75) is 4.21 Å². The van der Waals surface area contributed by atoms with Gasteiger partial charge in [0.2, 0.25) is 0 Å². The summed E-state index contributed by atoms with van der Waals surface area (Å²) in [6.45, 7) is 0. The number of thiophene rings is 1. The van der Waals surface area contributed by atoms with Gasteiger partial charge in [0.25, 0.3) is 10.0 Å². The molecule has 134 valence electrons. The van der Waals surface area contributed by atoms with Crippen LogP contribution < -0.4 is 4.72 Å². The van der Waals surface area contributed by atoms with E-state index in [0.717, 1.165) is 31.8 Å². The Morgan fingerprint density at radius 2 is 1.89 bits per heavy atom. The molecule has 5 rings (SSSR count). The lowest BCUT2D eigenvalue weighted by Gasteiger charge is -2.07. The highest BCUT2D eigenvalue weighted by Gasteiger charge is 2.18. The number of H-pyrrole nitrogens is 1. The second kappa shape index (κ2) is 6.19. The summed E-state index contributed by atoms with van der Waals surface area (Å²) in [5, 5.41) is 3.55. The molecule has 5 nitrogen and oxygen atoms in total. The number of aromatic amines is 1. The summed E-state index contributed by atoms with van der Waals surface area (Å²) in [5.74, 6) is 0. The highest BCUT2D eigenvalue weighted by molar-refractivity contribution is 7.94. The molecule has 3 aromatic heterocycles. The molecule has 0 fully saturated rings. The van der Waals surface area contributed by atoms with E-state index in [-0.39, 0.29) is 4.21 Å². The van der Waals surface area contributed by atoms with Crippen LogP contribution in [0.2, 0.25) is 0 Å².